The Morgan fingerprint density at radius 2 is 2.07 bits per heavy atom. The fourth-order valence-corrected chi connectivity index (χ4v) is 5.39. The molecule has 1 aromatic carbocycles. The van der Waals surface area contributed by atoms with Crippen LogP contribution in [-0.4, -0.2) is 41.4 Å². The molecular weight excluding hydrogens is 398 g/mol. The van der Waals surface area contributed by atoms with E-state index in [0.717, 1.165) is 63.8 Å². The van der Waals surface area contributed by atoms with Crippen molar-refractivity contribution >= 4 is 27.5 Å². The van der Waals surface area contributed by atoms with Crippen molar-refractivity contribution in [3.63, 3.8) is 0 Å². The van der Waals surface area contributed by atoms with E-state index in [4.69, 9.17) is 9.47 Å². The fraction of sp³-hybridized carbons (Fsp3) is 0.478. The van der Waals surface area contributed by atoms with Crippen LogP contribution >= 0.6 is 11.3 Å². The number of thiophene rings is 1. The molecule has 0 bridgehead atoms. The number of nitrogens with zero attached hydrogens (tertiary/aromatic N) is 3. The summed E-state index contributed by atoms with van der Waals surface area (Å²) in [7, 11) is 3.32. The molecule has 2 aromatic heterocycles. The summed E-state index contributed by atoms with van der Waals surface area (Å²) in [5.74, 6) is 2.15. The van der Waals surface area contributed by atoms with Gasteiger partial charge in [0.25, 0.3) is 5.91 Å². The number of carbonyl (C=O) groups is 1. The quantitative estimate of drug-likeness (QED) is 0.552. The number of aromatic nitrogens is 2. The Hall–Kier alpha value is -2.54. The van der Waals surface area contributed by atoms with Crippen molar-refractivity contribution in [1.82, 2.24) is 14.7 Å². The first kappa shape index (κ1) is 20.7. The fourth-order valence-electron chi connectivity index (χ4n) is 4.26. The molecule has 0 spiro atoms. The lowest BCUT2D eigenvalue weighted by Crippen LogP contribution is -2.30. The minimum absolute atomic E-state index is 0.0129. The highest BCUT2D eigenvalue weighted by Gasteiger charge is 2.34. The smallest absolute Gasteiger partial charge is 0.264 e. The lowest BCUT2D eigenvalue weighted by Gasteiger charge is -2.26. The molecule has 1 aliphatic heterocycles. The van der Waals surface area contributed by atoms with Crippen LogP contribution in [0.25, 0.3) is 10.2 Å². The van der Waals surface area contributed by atoms with Crippen LogP contribution in [-0.2, 0) is 6.54 Å². The largest absolute Gasteiger partial charge is 0.497 e. The van der Waals surface area contributed by atoms with Gasteiger partial charge in [-0.25, -0.2) is 0 Å². The molecule has 0 radical (unpaired) electrons. The molecule has 30 heavy (non-hydrogen) atoms. The molecule has 1 amide bonds. The Balaban J connectivity index is 1.68. The molecule has 160 valence electrons. The number of methoxy groups -OCH3 is 2. The Labute approximate surface area is 181 Å². The number of rotatable bonds is 6. The van der Waals surface area contributed by atoms with Gasteiger partial charge in [-0.15, -0.1) is 11.3 Å². The van der Waals surface area contributed by atoms with Crippen molar-refractivity contribution in [3.8, 4) is 11.5 Å². The number of hydrogen-bond acceptors (Lipinski definition) is 5. The number of benzene rings is 1. The molecule has 1 aliphatic rings. The maximum absolute atomic E-state index is 13.5. The standard InChI is InChI=1S/C23H29N3O3S/c1-14(2)13-26-23-17(15(3)24-26)12-21(30-23)22(27)25-10-6-7-19(25)18-11-16(28-4)8-9-20(18)29-5/h8-9,11-12,14,19H,6-7,10,13H2,1-5H3/t19-/m1/s1. The van der Waals surface area contributed by atoms with Gasteiger partial charge in [-0.3, -0.25) is 9.48 Å². The lowest BCUT2D eigenvalue weighted by molar-refractivity contribution is 0.0739. The Morgan fingerprint density at radius 3 is 2.77 bits per heavy atom. The molecule has 7 heteroatoms. The van der Waals surface area contributed by atoms with Crippen molar-refractivity contribution in [2.24, 2.45) is 5.92 Å². The molecule has 6 nitrogen and oxygen atoms in total. The number of carbonyl (C=O) groups excluding carboxylic acids is 1. The monoisotopic (exact) mass is 427 g/mol. The third kappa shape index (κ3) is 3.67. The molecule has 0 N–H and O–H groups in total. The summed E-state index contributed by atoms with van der Waals surface area (Å²) in [6.07, 6.45) is 1.89. The van der Waals surface area contributed by atoms with Crippen LogP contribution in [0.3, 0.4) is 0 Å². The SMILES string of the molecule is COc1ccc(OC)c([C@H]2CCCN2C(=O)c2cc3c(C)nn(CC(C)C)c3s2)c1. The summed E-state index contributed by atoms with van der Waals surface area (Å²) >= 11 is 1.55. The van der Waals surface area contributed by atoms with Crippen LogP contribution in [0.15, 0.2) is 24.3 Å². The summed E-state index contributed by atoms with van der Waals surface area (Å²) in [6.45, 7) is 7.97. The van der Waals surface area contributed by atoms with E-state index in [9.17, 15) is 4.79 Å². The van der Waals surface area contributed by atoms with Crippen LogP contribution in [0.4, 0.5) is 0 Å². The van der Waals surface area contributed by atoms with Gasteiger partial charge < -0.3 is 14.4 Å². The van der Waals surface area contributed by atoms with Crippen molar-refractivity contribution < 1.29 is 14.3 Å². The van der Waals surface area contributed by atoms with Gasteiger partial charge >= 0.3 is 0 Å². The van der Waals surface area contributed by atoms with E-state index in [2.05, 4.69) is 18.9 Å². The molecule has 0 unspecified atom stereocenters. The van der Waals surface area contributed by atoms with E-state index >= 15 is 0 Å². The summed E-state index contributed by atoms with van der Waals surface area (Å²) in [4.78, 5) is 17.4. The van der Waals surface area contributed by atoms with Crippen LogP contribution in [0.2, 0.25) is 0 Å². The second-order valence-electron chi connectivity index (χ2n) is 8.26. The molecule has 1 fully saturated rings. The minimum atomic E-state index is -0.0129. The number of aryl methyl sites for hydroxylation is 1. The van der Waals surface area contributed by atoms with E-state index in [-0.39, 0.29) is 11.9 Å². The van der Waals surface area contributed by atoms with Crippen molar-refractivity contribution in [2.45, 2.75) is 46.2 Å². The molecule has 1 saturated heterocycles. The summed E-state index contributed by atoms with van der Waals surface area (Å²) < 4.78 is 13.1. The van der Waals surface area contributed by atoms with Gasteiger partial charge in [0.1, 0.15) is 16.3 Å². The lowest BCUT2D eigenvalue weighted by atomic mass is 10.0. The maximum atomic E-state index is 13.5. The summed E-state index contributed by atoms with van der Waals surface area (Å²) in [6, 6.07) is 7.79. The molecular formula is C23H29N3O3S. The Bertz CT molecular complexity index is 1070. The first-order valence-electron chi connectivity index (χ1n) is 10.4. The number of fused-ring (bicyclic) bond motifs is 1. The second-order valence-corrected chi connectivity index (χ2v) is 9.29. The van der Waals surface area contributed by atoms with E-state index < -0.39 is 0 Å². The average molecular weight is 428 g/mol. The third-order valence-electron chi connectivity index (χ3n) is 5.67. The zero-order valence-electron chi connectivity index (χ0n) is 18.3. The highest BCUT2D eigenvalue weighted by atomic mass is 32.1. The van der Waals surface area contributed by atoms with Gasteiger partial charge in [-0.05, 0) is 49.9 Å². The molecule has 0 saturated carbocycles. The van der Waals surface area contributed by atoms with Crippen molar-refractivity contribution in [2.75, 3.05) is 20.8 Å². The van der Waals surface area contributed by atoms with Gasteiger partial charge in [-0.2, -0.15) is 5.10 Å². The van der Waals surface area contributed by atoms with E-state index in [0.29, 0.717) is 5.92 Å². The molecule has 3 heterocycles. The molecule has 0 aliphatic carbocycles. The van der Waals surface area contributed by atoms with Crippen molar-refractivity contribution in [3.05, 3.63) is 40.4 Å². The number of ether oxygens (including phenoxy) is 2. The predicted octanol–water partition coefficient (Wildman–Crippen LogP) is 5.06. The second kappa shape index (κ2) is 8.30. The van der Waals surface area contributed by atoms with Gasteiger partial charge in [0.2, 0.25) is 0 Å². The zero-order valence-corrected chi connectivity index (χ0v) is 19.1. The zero-order chi connectivity index (χ0) is 21.4. The van der Waals surface area contributed by atoms with Crippen LogP contribution in [0.1, 0.15) is 53.7 Å². The average Bonchev–Trinajstić information content (AvgIpc) is 3.44. The highest BCUT2D eigenvalue weighted by molar-refractivity contribution is 7.20. The number of amides is 1. The van der Waals surface area contributed by atoms with Crippen LogP contribution in [0, 0.1) is 12.8 Å². The Morgan fingerprint density at radius 1 is 1.27 bits per heavy atom. The molecule has 1 atom stereocenters. The topological polar surface area (TPSA) is 56.6 Å². The predicted molar refractivity (Wildman–Crippen MR) is 120 cm³/mol. The van der Waals surface area contributed by atoms with Gasteiger partial charge in [0, 0.05) is 24.0 Å². The number of likely N-dealkylation sites (tertiary alicyclic amines) is 1. The van der Waals surface area contributed by atoms with Gasteiger partial charge in [-0.1, -0.05) is 13.8 Å². The van der Waals surface area contributed by atoms with Gasteiger partial charge in [0.05, 0.1) is 30.8 Å². The maximum Gasteiger partial charge on any atom is 0.264 e. The van der Waals surface area contributed by atoms with Crippen LogP contribution in [0.5, 0.6) is 11.5 Å². The molecule has 4 rings (SSSR count). The Kier molecular flexibility index (Phi) is 5.73. The van der Waals surface area contributed by atoms with E-state index in [1.54, 1.807) is 25.6 Å². The van der Waals surface area contributed by atoms with Crippen LogP contribution < -0.4 is 9.47 Å². The van der Waals surface area contributed by atoms with E-state index in [1.807, 2.05) is 40.8 Å². The van der Waals surface area contributed by atoms with Gasteiger partial charge in [0.15, 0.2) is 0 Å². The molecule has 3 aromatic rings. The summed E-state index contributed by atoms with van der Waals surface area (Å²) in [5.41, 5.74) is 1.99. The van der Waals surface area contributed by atoms with Crippen molar-refractivity contribution in [1.29, 1.82) is 0 Å². The highest BCUT2D eigenvalue weighted by Crippen LogP contribution is 2.40. The first-order chi connectivity index (χ1) is 14.4. The minimum Gasteiger partial charge on any atom is -0.497 e. The van der Waals surface area contributed by atoms with E-state index in [1.165, 1.54) is 0 Å². The summed E-state index contributed by atoms with van der Waals surface area (Å²) in [5, 5.41) is 5.75. The number of hydrogen-bond donors (Lipinski definition) is 0. The normalized spacial score (nSPS) is 16.6. The first-order valence-corrected chi connectivity index (χ1v) is 11.2. The third-order valence-corrected chi connectivity index (χ3v) is 6.80.